The van der Waals surface area contributed by atoms with Crippen molar-refractivity contribution < 1.29 is 32.0 Å². The molecular weight excluding hydrogens is 603 g/mol. The molecule has 0 unspecified atom stereocenters. The molecule has 2 aromatic heterocycles. The minimum absolute atomic E-state index is 0.00192. The predicted molar refractivity (Wildman–Crippen MR) is 159 cm³/mol. The van der Waals surface area contributed by atoms with Crippen LogP contribution < -0.4 is 9.47 Å². The second kappa shape index (κ2) is 13.5. The number of ether oxygens (including phenoxy) is 2. The van der Waals surface area contributed by atoms with Crippen LogP contribution in [0.5, 0.6) is 11.8 Å². The topological polar surface area (TPSA) is 130 Å². The van der Waals surface area contributed by atoms with Crippen molar-refractivity contribution in [1.29, 1.82) is 5.26 Å². The zero-order valence-corrected chi connectivity index (χ0v) is 26.1. The van der Waals surface area contributed by atoms with Crippen LogP contribution in [0.25, 0.3) is 11.6 Å². The standard InChI is InChI=1S/C32H36F3N7O4/c1-6-27(43)42-13-11-21(15-20(42)10-12-36)45-26-16-25(44-18(2)24-14-19(33)17-41(24)5)37-29(38-26)30-39-31(46-40-30)32(3,4)22-8-7-9-23(34)28(22)35/h6-9,16,18-21,24H,1,10-11,13-15,17H2,2-5H3/t18-,19+,20+,21-,24-/m0/s1. The second-order valence-electron chi connectivity index (χ2n) is 12.2. The number of piperidine rings is 1. The fraction of sp³-hybridized carbons (Fsp3) is 0.500. The first kappa shape index (κ1) is 32.9. The van der Waals surface area contributed by atoms with Crippen LogP contribution in [0.1, 0.15) is 57.9 Å². The molecular formula is C32H36F3N7O4. The van der Waals surface area contributed by atoms with E-state index in [1.54, 1.807) is 18.7 Å². The van der Waals surface area contributed by atoms with Gasteiger partial charge in [0.25, 0.3) is 0 Å². The molecule has 4 heterocycles. The monoisotopic (exact) mass is 639 g/mol. The lowest BCUT2D eigenvalue weighted by molar-refractivity contribution is -0.130. The fourth-order valence-electron chi connectivity index (χ4n) is 6.08. The maximum Gasteiger partial charge on any atom is 0.246 e. The Kier molecular flexibility index (Phi) is 9.62. The molecule has 244 valence electrons. The summed E-state index contributed by atoms with van der Waals surface area (Å²) in [7, 11) is 1.83. The number of hydrogen-bond donors (Lipinski definition) is 0. The maximum absolute atomic E-state index is 14.7. The van der Waals surface area contributed by atoms with Crippen LogP contribution >= 0.6 is 0 Å². The molecule has 1 amide bonds. The van der Waals surface area contributed by atoms with Crippen molar-refractivity contribution in [2.24, 2.45) is 0 Å². The minimum Gasteiger partial charge on any atom is -0.474 e. The molecule has 0 saturated carbocycles. The first-order chi connectivity index (χ1) is 21.9. The zero-order chi connectivity index (χ0) is 33.2. The maximum atomic E-state index is 14.7. The third-order valence-electron chi connectivity index (χ3n) is 8.60. The molecule has 0 bridgehead atoms. The summed E-state index contributed by atoms with van der Waals surface area (Å²) >= 11 is 0. The van der Waals surface area contributed by atoms with Gasteiger partial charge in [-0.3, -0.25) is 9.69 Å². The van der Waals surface area contributed by atoms with Gasteiger partial charge in [0.2, 0.25) is 35.2 Å². The quantitative estimate of drug-likeness (QED) is 0.286. The first-order valence-corrected chi connectivity index (χ1v) is 15.1. The number of alkyl halides is 1. The third-order valence-corrected chi connectivity index (χ3v) is 8.60. The molecule has 2 fully saturated rings. The van der Waals surface area contributed by atoms with E-state index < -0.39 is 35.4 Å². The van der Waals surface area contributed by atoms with E-state index in [9.17, 15) is 23.2 Å². The van der Waals surface area contributed by atoms with Crippen LogP contribution in [0.2, 0.25) is 0 Å². The largest absolute Gasteiger partial charge is 0.474 e. The van der Waals surface area contributed by atoms with E-state index in [2.05, 4.69) is 32.8 Å². The summed E-state index contributed by atoms with van der Waals surface area (Å²) in [6.45, 7) is 9.28. The number of carbonyl (C=O) groups excluding carboxylic acids is 1. The fourth-order valence-corrected chi connectivity index (χ4v) is 6.08. The number of nitriles is 1. The highest BCUT2D eigenvalue weighted by molar-refractivity contribution is 5.87. The van der Waals surface area contributed by atoms with Crippen LogP contribution in [0.3, 0.4) is 0 Å². The van der Waals surface area contributed by atoms with Crippen molar-refractivity contribution in [3.63, 3.8) is 0 Å². The molecule has 0 spiro atoms. The van der Waals surface area contributed by atoms with Gasteiger partial charge in [-0.1, -0.05) is 23.9 Å². The molecule has 0 aliphatic carbocycles. The van der Waals surface area contributed by atoms with Crippen molar-refractivity contribution in [1.82, 2.24) is 29.9 Å². The molecule has 2 saturated heterocycles. The molecule has 11 nitrogen and oxygen atoms in total. The van der Waals surface area contributed by atoms with E-state index in [0.717, 1.165) is 6.07 Å². The lowest BCUT2D eigenvalue weighted by atomic mass is 9.84. The molecule has 2 aliphatic rings. The van der Waals surface area contributed by atoms with Gasteiger partial charge in [-0.05, 0) is 46.4 Å². The highest BCUT2D eigenvalue weighted by Crippen LogP contribution is 2.35. The summed E-state index contributed by atoms with van der Waals surface area (Å²) in [6, 6.07) is 6.93. The van der Waals surface area contributed by atoms with Crippen LogP contribution in [-0.2, 0) is 10.2 Å². The number of benzene rings is 1. The number of likely N-dealkylation sites (tertiary alicyclic amines) is 2. The number of aromatic nitrogens is 4. The first-order valence-electron chi connectivity index (χ1n) is 15.1. The summed E-state index contributed by atoms with van der Waals surface area (Å²) in [5.74, 6) is -2.09. The van der Waals surface area contributed by atoms with E-state index in [0.29, 0.717) is 32.4 Å². The molecule has 2 aliphatic heterocycles. The summed E-state index contributed by atoms with van der Waals surface area (Å²) in [5, 5.41) is 13.4. The lowest BCUT2D eigenvalue weighted by Crippen LogP contribution is -2.48. The van der Waals surface area contributed by atoms with Crippen LogP contribution in [0.15, 0.2) is 41.4 Å². The highest BCUT2D eigenvalue weighted by atomic mass is 19.2. The van der Waals surface area contributed by atoms with Crippen molar-refractivity contribution >= 4 is 5.91 Å². The molecule has 1 aromatic carbocycles. The van der Waals surface area contributed by atoms with Crippen LogP contribution in [0, 0.1) is 23.0 Å². The summed E-state index contributed by atoms with van der Waals surface area (Å²) in [4.78, 5) is 29.3. The van der Waals surface area contributed by atoms with Gasteiger partial charge in [-0.2, -0.15) is 20.2 Å². The minimum atomic E-state index is -1.21. The number of hydrogen-bond acceptors (Lipinski definition) is 10. The number of amides is 1. The zero-order valence-electron chi connectivity index (χ0n) is 26.1. The Morgan fingerprint density at radius 1 is 1.24 bits per heavy atom. The Balaban J connectivity index is 1.45. The molecule has 14 heteroatoms. The van der Waals surface area contributed by atoms with Crippen molar-refractivity contribution in [3.05, 3.63) is 60.0 Å². The molecule has 0 radical (unpaired) electrons. The Labute approximate surface area is 265 Å². The van der Waals surface area contributed by atoms with Gasteiger partial charge in [0.15, 0.2) is 11.6 Å². The average Bonchev–Trinajstić information content (AvgIpc) is 3.65. The van der Waals surface area contributed by atoms with E-state index in [4.69, 9.17) is 14.0 Å². The van der Waals surface area contributed by atoms with E-state index in [-0.39, 0.29) is 59.3 Å². The van der Waals surface area contributed by atoms with Gasteiger partial charge in [0.05, 0.1) is 24.0 Å². The Bertz CT molecular complexity index is 1630. The van der Waals surface area contributed by atoms with Gasteiger partial charge in [-0.15, -0.1) is 0 Å². The Morgan fingerprint density at radius 3 is 2.70 bits per heavy atom. The number of nitrogens with zero attached hydrogens (tertiary/aromatic N) is 7. The van der Waals surface area contributed by atoms with E-state index in [1.165, 1.54) is 24.3 Å². The number of carbonyl (C=O) groups is 1. The summed E-state index contributed by atoms with van der Waals surface area (Å²) in [6.07, 6.45) is 0.684. The van der Waals surface area contributed by atoms with Gasteiger partial charge < -0.3 is 18.9 Å². The summed E-state index contributed by atoms with van der Waals surface area (Å²) < 4.78 is 60.8. The van der Waals surface area contributed by atoms with Gasteiger partial charge in [-0.25, -0.2) is 13.2 Å². The second-order valence-corrected chi connectivity index (χ2v) is 12.2. The Hall–Kier alpha value is -4.51. The van der Waals surface area contributed by atoms with Crippen molar-refractivity contribution in [3.8, 4) is 29.5 Å². The van der Waals surface area contributed by atoms with Crippen molar-refractivity contribution in [2.75, 3.05) is 20.1 Å². The molecule has 46 heavy (non-hydrogen) atoms. The van der Waals surface area contributed by atoms with Gasteiger partial charge in [0.1, 0.15) is 18.4 Å². The van der Waals surface area contributed by atoms with Crippen molar-refractivity contribution in [2.45, 2.75) is 82.3 Å². The molecule has 5 atom stereocenters. The third kappa shape index (κ3) is 6.84. The normalized spacial score (nSPS) is 22.7. The molecule has 0 N–H and O–H groups in total. The molecule has 5 rings (SSSR count). The average molecular weight is 640 g/mol. The smallest absolute Gasteiger partial charge is 0.246 e. The number of likely N-dealkylation sites (N-methyl/N-ethyl adjacent to an activating group) is 1. The lowest BCUT2D eigenvalue weighted by Gasteiger charge is -2.37. The van der Waals surface area contributed by atoms with Crippen LogP contribution in [-0.4, -0.2) is 86.4 Å². The molecule has 3 aromatic rings. The van der Waals surface area contributed by atoms with Crippen LogP contribution in [0.4, 0.5) is 13.2 Å². The Morgan fingerprint density at radius 2 is 2.00 bits per heavy atom. The summed E-state index contributed by atoms with van der Waals surface area (Å²) in [5.41, 5.74) is -1.18. The van der Waals surface area contributed by atoms with E-state index >= 15 is 0 Å². The van der Waals surface area contributed by atoms with E-state index in [1.807, 2.05) is 18.9 Å². The SMILES string of the molecule is C=CC(=O)N1CC[C@H](Oc2cc(O[C@@H](C)[C@@H]3C[C@@H](F)CN3C)nc(-c3noc(C(C)(C)c4cccc(F)c4F)n3)n2)C[C@H]1CC#N. The number of halogens is 3. The van der Waals surface area contributed by atoms with Gasteiger partial charge >= 0.3 is 0 Å². The highest BCUT2D eigenvalue weighted by Gasteiger charge is 2.37. The number of rotatable bonds is 10. The van der Waals surface area contributed by atoms with Gasteiger partial charge in [0, 0.05) is 43.6 Å². The predicted octanol–water partition coefficient (Wildman–Crippen LogP) is 4.78.